The van der Waals surface area contributed by atoms with Gasteiger partial charge in [0.15, 0.2) is 0 Å². The molecule has 1 N–H and O–H groups in total. The van der Waals surface area contributed by atoms with Crippen molar-refractivity contribution in [3.05, 3.63) is 34.7 Å². The molecule has 0 saturated carbocycles. The topological polar surface area (TPSA) is 87.2 Å². The Labute approximate surface area is 150 Å². The van der Waals surface area contributed by atoms with Crippen LogP contribution in [0.5, 0.6) is 5.75 Å². The molecule has 1 fully saturated rings. The molecule has 0 aliphatic carbocycles. The van der Waals surface area contributed by atoms with Gasteiger partial charge in [-0.1, -0.05) is 12.1 Å². The van der Waals surface area contributed by atoms with Gasteiger partial charge < -0.3 is 14.7 Å². The van der Waals surface area contributed by atoms with Crippen molar-refractivity contribution in [2.24, 2.45) is 0 Å². The van der Waals surface area contributed by atoms with Gasteiger partial charge in [-0.3, -0.25) is 19.3 Å². The predicted molar refractivity (Wildman–Crippen MR) is 95.0 cm³/mol. The van der Waals surface area contributed by atoms with Crippen LogP contribution in [0.15, 0.2) is 29.2 Å². The summed E-state index contributed by atoms with van der Waals surface area (Å²) in [5.41, 5.74) is 0.728. The second-order valence-electron chi connectivity index (χ2n) is 5.24. The van der Waals surface area contributed by atoms with E-state index in [1.807, 2.05) is 0 Å². The molecule has 0 bridgehead atoms. The van der Waals surface area contributed by atoms with Crippen molar-refractivity contribution < 1.29 is 24.2 Å². The molecule has 1 saturated heterocycles. The number of hydrogen-bond donors (Lipinski definition) is 1. The lowest BCUT2D eigenvalue weighted by atomic mass is 10.2. The number of imide groups is 1. The highest BCUT2D eigenvalue weighted by Gasteiger charge is 2.36. The summed E-state index contributed by atoms with van der Waals surface area (Å²) in [4.78, 5) is 39.3. The summed E-state index contributed by atoms with van der Waals surface area (Å²) < 4.78 is 5.13. The van der Waals surface area contributed by atoms with Gasteiger partial charge in [-0.05, 0) is 42.5 Å². The fourth-order valence-electron chi connectivity index (χ4n) is 2.33. The highest BCUT2D eigenvalue weighted by Crippen LogP contribution is 2.32. The second kappa shape index (κ2) is 8.68. The lowest BCUT2D eigenvalue weighted by Crippen LogP contribution is -2.43. The van der Waals surface area contributed by atoms with E-state index in [2.05, 4.69) is 0 Å². The Bertz CT molecular complexity index is 704. The summed E-state index contributed by atoms with van der Waals surface area (Å²) in [7, 11) is 1.55. The molecule has 25 heavy (non-hydrogen) atoms. The molecule has 1 aromatic rings. The van der Waals surface area contributed by atoms with E-state index in [-0.39, 0.29) is 30.5 Å². The molecule has 1 aliphatic rings. The largest absolute Gasteiger partial charge is 0.497 e. The smallest absolute Gasteiger partial charge is 0.294 e. The van der Waals surface area contributed by atoms with E-state index in [1.54, 1.807) is 44.4 Å². The fourth-order valence-corrected chi connectivity index (χ4v) is 3.17. The molecule has 1 heterocycles. The summed E-state index contributed by atoms with van der Waals surface area (Å²) >= 11 is 0.802. The molecule has 8 heteroatoms. The Morgan fingerprint density at radius 3 is 2.80 bits per heavy atom. The normalized spacial score (nSPS) is 15.8. The van der Waals surface area contributed by atoms with Crippen LogP contribution in [0.4, 0.5) is 4.79 Å². The van der Waals surface area contributed by atoms with E-state index in [9.17, 15) is 14.4 Å². The minimum atomic E-state index is -0.494. The van der Waals surface area contributed by atoms with Crippen molar-refractivity contribution in [2.75, 3.05) is 33.4 Å². The first-order chi connectivity index (χ1) is 12.0. The summed E-state index contributed by atoms with van der Waals surface area (Å²) in [6.07, 6.45) is 1.60. The number of rotatable bonds is 7. The zero-order chi connectivity index (χ0) is 18.4. The van der Waals surface area contributed by atoms with Crippen LogP contribution in [0.25, 0.3) is 6.08 Å². The predicted octanol–water partition coefficient (Wildman–Crippen LogP) is 1.57. The van der Waals surface area contributed by atoms with Gasteiger partial charge in [-0.2, -0.15) is 0 Å². The second-order valence-corrected chi connectivity index (χ2v) is 6.23. The monoisotopic (exact) mass is 364 g/mol. The van der Waals surface area contributed by atoms with E-state index in [0.29, 0.717) is 12.3 Å². The number of benzene rings is 1. The Kier molecular flexibility index (Phi) is 6.60. The summed E-state index contributed by atoms with van der Waals surface area (Å²) in [6.45, 7) is 1.84. The third-order valence-corrected chi connectivity index (χ3v) is 4.57. The first-order valence-electron chi connectivity index (χ1n) is 7.78. The first kappa shape index (κ1) is 19.0. The van der Waals surface area contributed by atoms with Crippen LogP contribution in [0.2, 0.25) is 0 Å². The molecule has 1 aliphatic heterocycles. The number of aliphatic hydroxyl groups excluding tert-OH is 1. The van der Waals surface area contributed by atoms with Gasteiger partial charge in [0.2, 0.25) is 5.91 Å². The molecule has 0 spiro atoms. The van der Waals surface area contributed by atoms with Crippen LogP contribution in [-0.2, 0) is 9.59 Å². The Morgan fingerprint density at radius 2 is 2.16 bits per heavy atom. The van der Waals surface area contributed by atoms with Crippen LogP contribution < -0.4 is 4.74 Å². The number of carbonyl (C=O) groups is 3. The average molecular weight is 364 g/mol. The number of nitrogens with zero attached hydrogens (tertiary/aromatic N) is 2. The SMILES string of the molecule is CCN(CCO)C(=O)CN1C(=O)S/C(=C\c2cccc(OC)c2)C1=O. The fraction of sp³-hybridized carbons (Fsp3) is 0.353. The van der Waals surface area contributed by atoms with E-state index in [1.165, 1.54) is 4.90 Å². The highest BCUT2D eigenvalue weighted by molar-refractivity contribution is 8.18. The molecule has 0 aromatic heterocycles. The van der Waals surface area contributed by atoms with Crippen molar-refractivity contribution in [3.8, 4) is 5.75 Å². The third kappa shape index (κ3) is 4.61. The molecular weight excluding hydrogens is 344 g/mol. The minimum absolute atomic E-state index is 0.169. The zero-order valence-corrected chi connectivity index (χ0v) is 14.9. The molecule has 134 valence electrons. The van der Waals surface area contributed by atoms with Crippen LogP contribution >= 0.6 is 11.8 Å². The Hall–Kier alpha value is -2.32. The summed E-state index contributed by atoms with van der Waals surface area (Å²) in [5, 5.41) is 8.49. The van der Waals surface area contributed by atoms with E-state index < -0.39 is 11.1 Å². The number of aliphatic hydroxyl groups is 1. The maximum Gasteiger partial charge on any atom is 0.294 e. The van der Waals surface area contributed by atoms with Crippen molar-refractivity contribution in [3.63, 3.8) is 0 Å². The molecular formula is C17H20N2O5S. The maximum atomic E-state index is 12.4. The first-order valence-corrected chi connectivity index (χ1v) is 8.59. The number of carbonyl (C=O) groups excluding carboxylic acids is 3. The van der Waals surface area contributed by atoms with Gasteiger partial charge in [0.25, 0.3) is 11.1 Å². The highest BCUT2D eigenvalue weighted by atomic mass is 32.2. The Morgan fingerprint density at radius 1 is 1.40 bits per heavy atom. The van der Waals surface area contributed by atoms with Gasteiger partial charge in [0, 0.05) is 13.1 Å². The number of ether oxygens (including phenoxy) is 1. The lowest BCUT2D eigenvalue weighted by Gasteiger charge is -2.22. The number of methoxy groups -OCH3 is 1. The Balaban J connectivity index is 2.13. The van der Waals surface area contributed by atoms with Gasteiger partial charge in [-0.25, -0.2) is 0 Å². The number of hydrogen-bond acceptors (Lipinski definition) is 6. The molecule has 1 aromatic carbocycles. The van der Waals surface area contributed by atoms with Crippen LogP contribution in [-0.4, -0.2) is 65.3 Å². The van der Waals surface area contributed by atoms with Crippen LogP contribution in [0, 0.1) is 0 Å². The molecule has 0 radical (unpaired) electrons. The van der Waals surface area contributed by atoms with E-state index in [0.717, 1.165) is 22.2 Å². The quantitative estimate of drug-likeness (QED) is 0.739. The molecule has 0 unspecified atom stereocenters. The van der Waals surface area contributed by atoms with Gasteiger partial charge >= 0.3 is 0 Å². The summed E-state index contributed by atoms with van der Waals surface area (Å²) in [5.74, 6) is -0.224. The maximum absolute atomic E-state index is 12.4. The van der Waals surface area contributed by atoms with Crippen molar-refractivity contribution >= 4 is 34.9 Å². The minimum Gasteiger partial charge on any atom is -0.497 e. The van der Waals surface area contributed by atoms with E-state index >= 15 is 0 Å². The molecule has 2 rings (SSSR count). The van der Waals surface area contributed by atoms with Gasteiger partial charge in [0.1, 0.15) is 12.3 Å². The number of likely N-dealkylation sites (N-methyl/N-ethyl adjacent to an activating group) is 1. The van der Waals surface area contributed by atoms with Gasteiger partial charge in [-0.15, -0.1) is 0 Å². The number of amides is 3. The average Bonchev–Trinajstić information content (AvgIpc) is 2.87. The van der Waals surface area contributed by atoms with Crippen molar-refractivity contribution in [1.29, 1.82) is 0 Å². The lowest BCUT2D eigenvalue weighted by molar-refractivity contribution is -0.136. The molecule has 7 nitrogen and oxygen atoms in total. The third-order valence-electron chi connectivity index (χ3n) is 3.66. The van der Waals surface area contributed by atoms with Crippen LogP contribution in [0.3, 0.4) is 0 Å². The molecule has 0 atom stereocenters. The van der Waals surface area contributed by atoms with Crippen molar-refractivity contribution in [2.45, 2.75) is 6.92 Å². The standard InChI is InChI=1S/C17H20N2O5S/c1-3-18(7-8-20)15(21)11-19-16(22)14(25-17(19)23)10-12-5-4-6-13(9-12)24-2/h4-6,9-10,20H,3,7-8,11H2,1-2H3/b14-10-. The zero-order valence-electron chi connectivity index (χ0n) is 14.1. The van der Waals surface area contributed by atoms with Crippen LogP contribution in [0.1, 0.15) is 12.5 Å². The molecule has 3 amide bonds. The van der Waals surface area contributed by atoms with Crippen molar-refractivity contribution in [1.82, 2.24) is 9.80 Å². The number of thioether (sulfide) groups is 1. The van der Waals surface area contributed by atoms with Gasteiger partial charge in [0.05, 0.1) is 18.6 Å². The van der Waals surface area contributed by atoms with E-state index in [4.69, 9.17) is 9.84 Å². The summed E-state index contributed by atoms with van der Waals surface area (Å²) in [6, 6.07) is 7.11.